The van der Waals surface area contributed by atoms with Crippen molar-refractivity contribution in [2.75, 3.05) is 5.32 Å². The summed E-state index contributed by atoms with van der Waals surface area (Å²) < 4.78 is 0. The molecule has 3 heteroatoms. The van der Waals surface area contributed by atoms with Gasteiger partial charge in [0.2, 0.25) is 5.91 Å². The summed E-state index contributed by atoms with van der Waals surface area (Å²) in [7, 11) is 0. The van der Waals surface area contributed by atoms with Gasteiger partial charge in [-0.05, 0) is 31.2 Å². The highest BCUT2D eigenvalue weighted by Gasteiger charge is 2.07. The van der Waals surface area contributed by atoms with Crippen LogP contribution in [-0.2, 0) is 4.79 Å². The molecule has 1 heterocycles. The van der Waals surface area contributed by atoms with E-state index in [1.165, 1.54) is 11.0 Å². The predicted molar refractivity (Wildman–Crippen MR) is 73.3 cm³/mol. The summed E-state index contributed by atoms with van der Waals surface area (Å²) in [6.45, 7) is 5.52. The summed E-state index contributed by atoms with van der Waals surface area (Å²) in [6.07, 6.45) is 1.27. The van der Waals surface area contributed by atoms with E-state index in [0.717, 1.165) is 16.1 Å². The first kappa shape index (κ1) is 11.6. The zero-order valence-electron chi connectivity index (χ0n) is 9.57. The number of thiophene rings is 1. The number of anilines is 1. The van der Waals surface area contributed by atoms with Crippen molar-refractivity contribution < 1.29 is 4.79 Å². The van der Waals surface area contributed by atoms with Crippen LogP contribution < -0.4 is 5.32 Å². The summed E-state index contributed by atoms with van der Waals surface area (Å²) in [5.41, 5.74) is 1.86. The molecule has 0 bridgehead atoms. The van der Waals surface area contributed by atoms with Gasteiger partial charge in [0, 0.05) is 21.0 Å². The maximum absolute atomic E-state index is 11.3. The van der Waals surface area contributed by atoms with Crippen LogP contribution in [0.25, 0.3) is 10.4 Å². The Kier molecular flexibility index (Phi) is 3.40. The number of rotatable bonds is 3. The van der Waals surface area contributed by atoms with E-state index in [-0.39, 0.29) is 5.91 Å². The molecule has 86 valence electrons. The van der Waals surface area contributed by atoms with Crippen molar-refractivity contribution in [3.63, 3.8) is 0 Å². The lowest BCUT2D eigenvalue weighted by atomic mass is 10.1. The van der Waals surface area contributed by atoms with Gasteiger partial charge in [0.05, 0.1) is 0 Å². The molecule has 0 saturated carbocycles. The van der Waals surface area contributed by atoms with E-state index in [1.807, 2.05) is 24.3 Å². The van der Waals surface area contributed by atoms with Crippen LogP contribution in [0.4, 0.5) is 5.69 Å². The SMILES string of the molecule is C=CC(=O)Nc1ccccc1-c1ccc(C)s1. The normalized spacial score (nSPS) is 9.94. The number of para-hydroxylation sites is 1. The summed E-state index contributed by atoms with van der Waals surface area (Å²) in [5, 5.41) is 2.82. The van der Waals surface area contributed by atoms with Gasteiger partial charge in [0.15, 0.2) is 0 Å². The number of hydrogen-bond acceptors (Lipinski definition) is 2. The maximum Gasteiger partial charge on any atom is 0.247 e. The lowest BCUT2D eigenvalue weighted by Gasteiger charge is -2.07. The summed E-state index contributed by atoms with van der Waals surface area (Å²) >= 11 is 1.71. The van der Waals surface area contributed by atoms with Gasteiger partial charge in [0.1, 0.15) is 0 Å². The van der Waals surface area contributed by atoms with E-state index in [2.05, 4.69) is 31.0 Å². The van der Waals surface area contributed by atoms with Crippen molar-refractivity contribution in [2.24, 2.45) is 0 Å². The Morgan fingerprint density at radius 1 is 1.29 bits per heavy atom. The third kappa shape index (κ3) is 2.63. The number of nitrogens with one attached hydrogen (secondary N) is 1. The monoisotopic (exact) mass is 243 g/mol. The number of carbonyl (C=O) groups is 1. The molecule has 0 radical (unpaired) electrons. The molecule has 2 aromatic rings. The average molecular weight is 243 g/mol. The molecule has 0 spiro atoms. The molecule has 0 atom stereocenters. The average Bonchev–Trinajstić information content (AvgIpc) is 2.76. The Bertz CT molecular complexity index is 557. The summed E-state index contributed by atoms with van der Waals surface area (Å²) in [5.74, 6) is -0.189. The van der Waals surface area contributed by atoms with Crippen molar-refractivity contribution in [3.05, 3.63) is 53.9 Å². The van der Waals surface area contributed by atoms with Crippen LogP contribution in [0.15, 0.2) is 49.1 Å². The van der Waals surface area contributed by atoms with E-state index in [0.29, 0.717) is 0 Å². The van der Waals surface area contributed by atoms with Crippen molar-refractivity contribution in [2.45, 2.75) is 6.92 Å². The number of aryl methyl sites for hydroxylation is 1. The van der Waals surface area contributed by atoms with Crippen molar-refractivity contribution >= 4 is 22.9 Å². The van der Waals surface area contributed by atoms with E-state index < -0.39 is 0 Å². The zero-order chi connectivity index (χ0) is 12.3. The Balaban J connectivity index is 2.40. The largest absolute Gasteiger partial charge is 0.322 e. The highest BCUT2D eigenvalue weighted by atomic mass is 32.1. The van der Waals surface area contributed by atoms with Crippen LogP contribution in [0.5, 0.6) is 0 Å². The molecule has 1 amide bonds. The minimum atomic E-state index is -0.189. The lowest BCUT2D eigenvalue weighted by molar-refractivity contribution is -0.111. The van der Waals surface area contributed by atoms with Gasteiger partial charge in [-0.2, -0.15) is 0 Å². The summed E-state index contributed by atoms with van der Waals surface area (Å²) in [6, 6.07) is 11.9. The number of carbonyl (C=O) groups excluding carboxylic acids is 1. The van der Waals surface area contributed by atoms with Gasteiger partial charge >= 0.3 is 0 Å². The van der Waals surface area contributed by atoms with Gasteiger partial charge in [-0.3, -0.25) is 4.79 Å². The van der Waals surface area contributed by atoms with Gasteiger partial charge in [0.25, 0.3) is 0 Å². The van der Waals surface area contributed by atoms with E-state index in [1.54, 1.807) is 11.3 Å². The molecular weight excluding hydrogens is 230 g/mol. The molecular formula is C14H13NOS. The van der Waals surface area contributed by atoms with Crippen LogP contribution in [0.3, 0.4) is 0 Å². The van der Waals surface area contributed by atoms with E-state index in [4.69, 9.17) is 0 Å². The smallest absolute Gasteiger partial charge is 0.247 e. The molecule has 0 aliphatic heterocycles. The molecule has 0 fully saturated rings. The maximum atomic E-state index is 11.3. The van der Waals surface area contributed by atoms with Crippen LogP contribution >= 0.6 is 11.3 Å². The highest BCUT2D eigenvalue weighted by Crippen LogP contribution is 2.33. The molecule has 1 aromatic carbocycles. The van der Waals surface area contributed by atoms with Crippen LogP contribution in [0.1, 0.15) is 4.88 Å². The second-order valence-electron chi connectivity index (χ2n) is 3.65. The molecule has 1 aromatic heterocycles. The van der Waals surface area contributed by atoms with Crippen molar-refractivity contribution in [1.29, 1.82) is 0 Å². The topological polar surface area (TPSA) is 29.1 Å². The second-order valence-corrected chi connectivity index (χ2v) is 4.94. The molecule has 17 heavy (non-hydrogen) atoms. The first-order chi connectivity index (χ1) is 8.20. The lowest BCUT2D eigenvalue weighted by Crippen LogP contribution is -2.07. The van der Waals surface area contributed by atoms with Gasteiger partial charge in [-0.1, -0.05) is 24.8 Å². The quantitative estimate of drug-likeness (QED) is 0.815. The predicted octanol–water partition coefficient (Wildman–Crippen LogP) is 3.85. The minimum Gasteiger partial charge on any atom is -0.322 e. The third-order valence-corrected chi connectivity index (χ3v) is 3.41. The first-order valence-electron chi connectivity index (χ1n) is 5.30. The van der Waals surface area contributed by atoms with Crippen LogP contribution in [-0.4, -0.2) is 5.91 Å². The van der Waals surface area contributed by atoms with E-state index >= 15 is 0 Å². The third-order valence-electron chi connectivity index (χ3n) is 2.38. The fourth-order valence-electron chi connectivity index (χ4n) is 1.57. The molecule has 0 saturated heterocycles. The fourth-order valence-corrected chi connectivity index (χ4v) is 2.48. The Labute approximate surface area is 105 Å². The Hall–Kier alpha value is -1.87. The van der Waals surface area contributed by atoms with Crippen LogP contribution in [0.2, 0.25) is 0 Å². The van der Waals surface area contributed by atoms with Crippen molar-refractivity contribution in [3.8, 4) is 10.4 Å². The zero-order valence-corrected chi connectivity index (χ0v) is 10.4. The molecule has 2 rings (SSSR count). The Morgan fingerprint density at radius 2 is 2.06 bits per heavy atom. The summed E-state index contributed by atoms with van der Waals surface area (Å²) in [4.78, 5) is 13.8. The molecule has 0 aliphatic rings. The molecule has 2 nitrogen and oxygen atoms in total. The first-order valence-corrected chi connectivity index (χ1v) is 6.11. The molecule has 0 unspecified atom stereocenters. The molecule has 1 N–H and O–H groups in total. The van der Waals surface area contributed by atoms with Gasteiger partial charge in [-0.25, -0.2) is 0 Å². The minimum absolute atomic E-state index is 0.189. The second kappa shape index (κ2) is 4.97. The van der Waals surface area contributed by atoms with Crippen molar-refractivity contribution in [1.82, 2.24) is 0 Å². The number of benzene rings is 1. The number of hydrogen-bond donors (Lipinski definition) is 1. The fraction of sp³-hybridized carbons (Fsp3) is 0.0714. The van der Waals surface area contributed by atoms with Gasteiger partial charge in [-0.15, -0.1) is 11.3 Å². The van der Waals surface area contributed by atoms with E-state index in [9.17, 15) is 4.79 Å². The van der Waals surface area contributed by atoms with Crippen LogP contribution in [0, 0.1) is 6.92 Å². The standard InChI is InChI=1S/C14H13NOS/c1-3-14(16)15-12-7-5-4-6-11(12)13-9-8-10(2)17-13/h3-9H,1H2,2H3,(H,15,16). The highest BCUT2D eigenvalue weighted by molar-refractivity contribution is 7.15. The number of amides is 1. The van der Waals surface area contributed by atoms with Gasteiger partial charge < -0.3 is 5.32 Å². The molecule has 0 aliphatic carbocycles. The Morgan fingerprint density at radius 3 is 2.71 bits per heavy atom.